The number of aliphatic hydroxyl groups is 1. The summed E-state index contributed by atoms with van der Waals surface area (Å²) >= 11 is 1.79. The predicted molar refractivity (Wildman–Crippen MR) is 59.5 cm³/mol. The maximum Gasteiger partial charge on any atom is 0.421 e. The second kappa shape index (κ2) is 4.14. The van der Waals surface area contributed by atoms with Crippen molar-refractivity contribution in [3.8, 4) is 0 Å². The molecule has 0 saturated heterocycles. The minimum Gasteiger partial charge on any atom is -0.376 e. The first kappa shape index (κ1) is 13.7. The molecule has 90 valence electrons. The average Bonchev–Trinajstić information content (AvgIpc) is 2.09. The Kier molecular flexibility index (Phi) is 3.54. The molecule has 0 amide bonds. The van der Waals surface area contributed by atoms with Crippen LogP contribution in [0.1, 0.15) is 18.1 Å². The molecule has 0 aliphatic heterocycles. The van der Waals surface area contributed by atoms with Crippen LogP contribution in [0.3, 0.4) is 0 Å². The molecule has 1 aromatic rings. The molecule has 1 aromatic carbocycles. The Morgan fingerprint density at radius 1 is 1.25 bits per heavy atom. The number of benzene rings is 1. The Morgan fingerprint density at radius 2 is 1.75 bits per heavy atom. The number of alkyl halides is 3. The van der Waals surface area contributed by atoms with Gasteiger partial charge < -0.3 is 5.11 Å². The van der Waals surface area contributed by atoms with E-state index in [1.54, 1.807) is 29.5 Å². The molecule has 0 saturated carbocycles. The molecule has 0 fully saturated rings. The molecule has 0 radical (unpaired) electrons. The van der Waals surface area contributed by atoms with Crippen molar-refractivity contribution in [3.63, 3.8) is 0 Å². The lowest BCUT2D eigenvalue weighted by molar-refractivity contribution is -0.259. The SMILES string of the molecule is Cc1cc(F)c(C(C)(O)C(F)(F)F)cc1I. The Labute approximate surface area is 104 Å². The van der Waals surface area contributed by atoms with Gasteiger partial charge in [0, 0.05) is 9.13 Å². The highest BCUT2D eigenvalue weighted by Gasteiger charge is 2.52. The number of aryl methyl sites for hydroxylation is 1. The van der Waals surface area contributed by atoms with Crippen molar-refractivity contribution >= 4 is 22.6 Å². The van der Waals surface area contributed by atoms with E-state index in [0.29, 0.717) is 16.1 Å². The smallest absolute Gasteiger partial charge is 0.376 e. The van der Waals surface area contributed by atoms with E-state index in [1.807, 2.05) is 0 Å². The molecular weight excluding hydrogens is 339 g/mol. The highest BCUT2D eigenvalue weighted by Crippen LogP contribution is 2.40. The monoisotopic (exact) mass is 348 g/mol. The largest absolute Gasteiger partial charge is 0.421 e. The van der Waals surface area contributed by atoms with Crippen LogP contribution >= 0.6 is 22.6 Å². The topological polar surface area (TPSA) is 20.2 Å². The third-order valence-corrected chi connectivity index (χ3v) is 3.49. The van der Waals surface area contributed by atoms with Gasteiger partial charge in [-0.3, -0.25) is 0 Å². The fourth-order valence-electron chi connectivity index (χ4n) is 1.17. The molecule has 1 atom stereocenters. The van der Waals surface area contributed by atoms with Gasteiger partial charge in [-0.1, -0.05) is 0 Å². The first-order chi connectivity index (χ1) is 7.07. The highest BCUT2D eigenvalue weighted by atomic mass is 127. The van der Waals surface area contributed by atoms with Gasteiger partial charge in [-0.25, -0.2) is 4.39 Å². The van der Waals surface area contributed by atoms with Crippen LogP contribution < -0.4 is 0 Å². The molecule has 6 heteroatoms. The van der Waals surface area contributed by atoms with Crippen molar-refractivity contribution in [1.82, 2.24) is 0 Å². The Balaban J connectivity index is 3.39. The summed E-state index contributed by atoms with van der Waals surface area (Å²) in [6.07, 6.45) is -4.91. The van der Waals surface area contributed by atoms with Crippen molar-refractivity contribution in [3.05, 3.63) is 32.6 Å². The van der Waals surface area contributed by atoms with E-state index >= 15 is 0 Å². The fourth-order valence-corrected chi connectivity index (χ4v) is 1.64. The third kappa shape index (κ3) is 2.32. The lowest BCUT2D eigenvalue weighted by atomic mass is 9.94. The van der Waals surface area contributed by atoms with Crippen LogP contribution in [0.5, 0.6) is 0 Å². The maximum atomic E-state index is 13.4. The van der Waals surface area contributed by atoms with Gasteiger partial charge in [0.15, 0.2) is 5.60 Å². The van der Waals surface area contributed by atoms with Crippen molar-refractivity contribution in [2.75, 3.05) is 0 Å². The Bertz CT molecular complexity index is 412. The zero-order valence-electron chi connectivity index (χ0n) is 8.49. The van der Waals surface area contributed by atoms with E-state index in [0.717, 1.165) is 12.1 Å². The van der Waals surface area contributed by atoms with Crippen molar-refractivity contribution in [2.45, 2.75) is 25.6 Å². The van der Waals surface area contributed by atoms with Gasteiger partial charge in [0.05, 0.1) is 0 Å². The van der Waals surface area contributed by atoms with Crippen molar-refractivity contribution < 1.29 is 22.7 Å². The maximum absolute atomic E-state index is 13.4. The summed E-state index contributed by atoms with van der Waals surface area (Å²) in [5, 5.41) is 9.35. The van der Waals surface area contributed by atoms with Crippen LogP contribution in [-0.2, 0) is 5.60 Å². The molecule has 16 heavy (non-hydrogen) atoms. The number of hydrogen-bond donors (Lipinski definition) is 1. The molecular formula is C10H9F4IO. The lowest BCUT2D eigenvalue weighted by Crippen LogP contribution is -2.40. The van der Waals surface area contributed by atoms with Crippen LogP contribution in [0.15, 0.2) is 12.1 Å². The Hall–Kier alpha value is -0.370. The lowest BCUT2D eigenvalue weighted by Gasteiger charge is -2.27. The normalized spacial score (nSPS) is 16.0. The standard InChI is InChI=1S/C10H9F4IO/c1-5-3-7(11)6(4-8(5)15)9(2,16)10(12,13)14/h3-4,16H,1-2H3. The van der Waals surface area contributed by atoms with Gasteiger partial charge in [0.1, 0.15) is 5.82 Å². The number of halogens is 5. The average molecular weight is 348 g/mol. The van der Waals surface area contributed by atoms with Crippen molar-refractivity contribution in [2.24, 2.45) is 0 Å². The summed E-state index contributed by atoms with van der Waals surface area (Å²) in [7, 11) is 0. The predicted octanol–water partition coefficient (Wildman–Crippen LogP) is 3.51. The molecule has 1 rings (SSSR count). The molecule has 0 aliphatic rings. The van der Waals surface area contributed by atoms with E-state index in [9.17, 15) is 22.7 Å². The zero-order chi connectivity index (χ0) is 12.7. The highest BCUT2D eigenvalue weighted by molar-refractivity contribution is 14.1. The summed E-state index contributed by atoms with van der Waals surface area (Å²) in [4.78, 5) is 0. The van der Waals surface area contributed by atoms with E-state index in [1.165, 1.54) is 0 Å². The second-order valence-corrected chi connectivity index (χ2v) is 4.81. The number of rotatable bonds is 1. The molecule has 0 spiro atoms. The Morgan fingerprint density at radius 3 is 2.19 bits per heavy atom. The summed E-state index contributed by atoms with van der Waals surface area (Å²) < 4.78 is 51.4. The minimum absolute atomic E-state index is 0.471. The van der Waals surface area contributed by atoms with E-state index in [-0.39, 0.29) is 0 Å². The summed E-state index contributed by atoms with van der Waals surface area (Å²) in [5.41, 5.74) is -3.40. The summed E-state index contributed by atoms with van der Waals surface area (Å²) in [6, 6.07) is 2.00. The summed E-state index contributed by atoms with van der Waals surface area (Å²) in [6.45, 7) is 2.12. The van der Waals surface area contributed by atoms with Gasteiger partial charge in [0.25, 0.3) is 0 Å². The molecule has 1 unspecified atom stereocenters. The van der Waals surface area contributed by atoms with E-state index in [2.05, 4.69) is 0 Å². The van der Waals surface area contributed by atoms with Gasteiger partial charge in [0.2, 0.25) is 0 Å². The molecule has 1 nitrogen and oxygen atoms in total. The third-order valence-electron chi connectivity index (χ3n) is 2.32. The van der Waals surface area contributed by atoms with Crippen molar-refractivity contribution in [1.29, 1.82) is 0 Å². The zero-order valence-corrected chi connectivity index (χ0v) is 10.6. The first-order valence-corrected chi connectivity index (χ1v) is 5.40. The van der Waals surface area contributed by atoms with Crippen LogP contribution in [-0.4, -0.2) is 11.3 Å². The molecule has 0 aromatic heterocycles. The quantitative estimate of drug-likeness (QED) is 0.608. The van der Waals surface area contributed by atoms with Crippen LogP contribution in [0.2, 0.25) is 0 Å². The van der Waals surface area contributed by atoms with E-state index in [4.69, 9.17) is 0 Å². The van der Waals surface area contributed by atoms with Crippen LogP contribution in [0, 0.1) is 16.3 Å². The van der Waals surface area contributed by atoms with Gasteiger partial charge in [-0.2, -0.15) is 13.2 Å². The van der Waals surface area contributed by atoms with Crippen LogP contribution in [0.25, 0.3) is 0 Å². The molecule has 1 N–H and O–H groups in total. The number of hydrogen-bond acceptors (Lipinski definition) is 1. The van der Waals surface area contributed by atoms with Gasteiger partial charge >= 0.3 is 6.18 Å². The van der Waals surface area contributed by atoms with Crippen LogP contribution in [0.4, 0.5) is 17.6 Å². The first-order valence-electron chi connectivity index (χ1n) is 4.32. The molecule has 0 heterocycles. The molecule has 0 aliphatic carbocycles. The van der Waals surface area contributed by atoms with Gasteiger partial charge in [-0.05, 0) is 54.1 Å². The van der Waals surface area contributed by atoms with E-state index < -0.39 is 23.2 Å². The summed E-state index contributed by atoms with van der Waals surface area (Å²) in [5.74, 6) is -1.06. The fraction of sp³-hybridized carbons (Fsp3) is 0.400. The minimum atomic E-state index is -4.91. The van der Waals surface area contributed by atoms with Gasteiger partial charge in [-0.15, -0.1) is 0 Å². The molecule has 0 bridgehead atoms. The second-order valence-electron chi connectivity index (χ2n) is 3.65.